The van der Waals surface area contributed by atoms with Gasteiger partial charge in [-0.15, -0.1) is 11.6 Å². The Hall–Kier alpha value is -1.03. The molecule has 1 atom stereocenters. The first-order chi connectivity index (χ1) is 9.45. The average molecular weight is 305 g/mol. The van der Waals surface area contributed by atoms with Crippen molar-refractivity contribution in [2.75, 3.05) is 13.2 Å². The fourth-order valence-electron chi connectivity index (χ4n) is 1.49. The highest BCUT2D eigenvalue weighted by molar-refractivity contribution is 6.29. The van der Waals surface area contributed by atoms with Crippen LogP contribution in [0.5, 0.6) is 0 Å². The first-order valence-corrected chi connectivity index (χ1v) is 7.52. The molecule has 0 radical (unpaired) electrons. The van der Waals surface area contributed by atoms with Crippen LogP contribution in [0.2, 0.25) is 0 Å². The van der Waals surface area contributed by atoms with Crippen molar-refractivity contribution in [2.45, 2.75) is 57.7 Å². The van der Waals surface area contributed by atoms with Crippen LogP contribution in [0.15, 0.2) is 12.2 Å². The summed E-state index contributed by atoms with van der Waals surface area (Å²) in [4.78, 5) is 22.1. The molecular weight excluding hydrogens is 280 g/mol. The van der Waals surface area contributed by atoms with Crippen molar-refractivity contribution >= 4 is 23.5 Å². The molecule has 20 heavy (non-hydrogen) atoms. The quantitative estimate of drug-likeness (QED) is 0.253. The fourth-order valence-corrected chi connectivity index (χ4v) is 1.55. The highest BCUT2D eigenvalue weighted by Crippen LogP contribution is 2.07. The lowest BCUT2D eigenvalue weighted by molar-refractivity contribution is -0.143. The number of carbonyl (C=O) groups is 2. The number of carbonyl (C=O) groups excluding carboxylic acids is 2. The summed E-state index contributed by atoms with van der Waals surface area (Å²) in [5.41, 5.74) is 0.436. The summed E-state index contributed by atoms with van der Waals surface area (Å²) in [6, 6.07) is 0. The zero-order chi connectivity index (χ0) is 15.4. The van der Waals surface area contributed by atoms with Gasteiger partial charge in [-0.2, -0.15) is 0 Å². The summed E-state index contributed by atoms with van der Waals surface area (Å²) < 4.78 is 9.95. The maximum absolute atomic E-state index is 11.1. The molecule has 0 aliphatic heterocycles. The second-order valence-electron chi connectivity index (χ2n) is 4.82. The van der Waals surface area contributed by atoms with Crippen molar-refractivity contribution in [1.29, 1.82) is 0 Å². The van der Waals surface area contributed by atoms with Gasteiger partial charge < -0.3 is 9.47 Å². The van der Waals surface area contributed by atoms with E-state index in [4.69, 9.17) is 21.1 Å². The topological polar surface area (TPSA) is 52.6 Å². The van der Waals surface area contributed by atoms with E-state index in [2.05, 4.69) is 6.58 Å². The Kier molecular flexibility index (Phi) is 11.2. The van der Waals surface area contributed by atoms with Gasteiger partial charge >= 0.3 is 11.9 Å². The summed E-state index contributed by atoms with van der Waals surface area (Å²) in [6.07, 6.45) is 5.96. The van der Waals surface area contributed by atoms with Crippen LogP contribution in [0.25, 0.3) is 0 Å². The van der Waals surface area contributed by atoms with E-state index >= 15 is 0 Å². The number of unbranched alkanes of at least 4 members (excludes halogenated alkanes) is 5. The van der Waals surface area contributed by atoms with Crippen molar-refractivity contribution < 1.29 is 19.1 Å². The van der Waals surface area contributed by atoms with E-state index in [0.29, 0.717) is 18.8 Å². The van der Waals surface area contributed by atoms with Crippen molar-refractivity contribution in [1.82, 2.24) is 0 Å². The van der Waals surface area contributed by atoms with E-state index in [1.807, 2.05) is 0 Å². The van der Waals surface area contributed by atoms with Crippen LogP contribution in [-0.4, -0.2) is 30.5 Å². The highest BCUT2D eigenvalue weighted by atomic mass is 35.5. The predicted octanol–water partition coefficient (Wildman–Crippen LogP) is 3.62. The van der Waals surface area contributed by atoms with Crippen molar-refractivity contribution in [3.8, 4) is 0 Å². The number of alkyl halides is 1. The normalized spacial score (nSPS) is 11.8. The molecule has 0 unspecified atom stereocenters. The molecule has 0 aromatic carbocycles. The van der Waals surface area contributed by atoms with Crippen molar-refractivity contribution in [3.05, 3.63) is 12.2 Å². The molecule has 5 heteroatoms. The Morgan fingerprint density at radius 2 is 1.45 bits per heavy atom. The van der Waals surface area contributed by atoms with E-state index in [-0.39, 0.29) is 11.9 Å². The Balaban J connectivity index is 3.23. The van der Waals surface area contributed by atoms with Crippen molar-refractivity contribution in [2.24, 2.45) is 0 Å². The van der Waals surface area contributed by atoms with Crippen molar-refractivity contribution in [3.63, 3.8) is 0 Å². The molecule has 0 aliphatic carbocycles. The van der Waals surface area contributed by atoms with Gasteiger partial charge in [0.15, 0.2) is 0 Å². The molecule has 0 fully saturated rings. The number of rotatable bonds is 11. The number of ether oxygens (including phenoxy) is 2. The summed E-state index contributed by atoms with van der Waals surface area (Å²) in [6.45, 7) is 7.65. The van der Waals surface area contributed by atoms with Gasteiger partial charge in [-0.25, -0.2) is 4.79 Å². The van der Waals surface area contributed by atoms with Gasteiger partial charge in [-0.1, -0.05) is 32.3 Å². The van der Waals surface area contributed by atoms with Crippen LogP contribution in [0.4, 0.5) is 0 Å². The molecule has 116 valence electrons. The van der Waals surface area contributed by atoms with Crippen LogP contribution < -0.4 is 0 Å². The van der Waals surface area contributed by atoms with Crippen LogP contribution in [-0.2, 0) is 19.1 Å². The standard InChI is InChI=1S/C15H25ClO4/c1-12(2)14(17)19-10-8-6-4-5-7-9-11-20-15(18)13(3)16/h13H,1,4-11H2,2-3H3/t13-/m1/s1. The van der Waals surface area contributed by atoms with Crippen LogP contribution in [0, 0.1) is 0 Å². The van der Waals surface area contributed by atoms with E-state index in [0.717, 1.165) is 38.5 Å². The summed E-state index contributed by atoms with van der Waals surface area (Å²) >= 11 is 5.57. The minimum absolute atomic E-state index is 0.319. The summed E-state index contributed by atoms with van der Waals surface area (Å²) in [5, 5.41) is -0.572. The molecule has 0 spiro atoms. The Morgan fingerprint density at radius 1 is 1.00 bits per heavy atom. The number of hydrogen-bond acceptors (Lipinski definition) is 4. The molecule has 0 bridgehead atoms. The van der Waals surface area contributed by atoms with Gasteiger partial charge in [0.25, 0.3) is 0 Å². The van der Waals surface area contributed by atoms with E-state index in [1.165, 1.54) is 0 Å². The molecule has 0 saturated heterocycles. The molecule has 0 saturated carbocycles. The molecule has 0 aliphatic rings. The Morgan fingerprint density at radius 3 is 1.90 bits per heavy atom. The molecule has 0 amide bonds. The van der Waals surface area contributed by atoms with E-state index in [9.17, 15) is 9.59 Å². The maximum Gasteiger partial charge on any atom is 0.333 e. The lowest BCUT2D eigenvalue weighted by atomic mass is 10.1. The fraction of sp³-hybridized carbons (Fsp3) is 0.733. The van der Waals surface area contributed by atoms with Gasteiger partial charge in [0, 0.05) is 5.57 Å². The van der Waals surface area contributed by atoms with Gasteiger partial charge in [-0.05, 0) is 26.7 Å². The summed E-state index contributed by atoms with van der Waals surface area (Å²) in [5.74, 6) is -0.675. The molecule has 0 rings (SSSR count). The Labute approximate surface area is 126 Å². The second-order valence-corrected chi connectivity index (χ2v) is 5.48. The van der Waals surface area contributed by atoms with Gasteiger partial charge in [0.1, 0.15) is 5.38 Å². The predicted molar refractivity (Wildman–Crippen MR) is 79.7 cm³/mol. The number of halogens is 1. The molecule has 0 aromatic heterocycles. The highest BCUT2D eigenvalue weighted by Gasteiger charge is 2.09. The average Bonchev–Trinajstić information content (AvgIpc) is 2.39. The largest absolute Gasteiger partial charge is 0.465 e. The van der Waals surface area contributed by atoms with E-state index in [1.54, 1.807) is 13.8 Å². The van der Waals surface area contributed by atoms with Gasteiger partial charge in [0.2, 0.25) is 0 Å². The zero-order valence-corrected chi connectivity index (χ0v) is 13.2. The molecular formula is C15H25ClO4. The second kappa shape index (κ2) is 11.8. The number of esters is 2. The molecule has 0 aromatic rings. The lowest BCUT2D eigenvalue weighted by Gasteiger charge is -2.06. The monoisotopic (exact) mass is 304 g/mol. The maximum atomic E-state index is 11.1. The minimum atomic E-state index is -0.572. The SMILES string of the molecule is C=C(C)C(=O)OCCCCCCCCOC(=O)[C@@H](C)Cl. The third-order valence-corrected chi connectivity index (χ3v) is 2.87. The van der Waals surface area contributed by atoms with Crippen LogP contribution in [0.1, 0.15) is 52.4 Å². The smallest absolute Gasteiger partial charge is 0.333 e. The third-order valence-electron chi connectivity index (χ3n) is 2.69. The minimum Gasteiger partial charge on any atom is -0.465 e. The van der Waals surface area contributed by atoms with E-state index < -0.39 is 5.38 Å². The lowest BCUT2D eigenvalue weighted by Crippen LogP contribution is -2.14. The molecule has 0 N–H and O–H groups in total. The van der Waals surface area contributed by atoms with Crippen LogP contribution >= 0.6 is 11.6 Å². The van der Waals surface area contributed by atoms with Gasteiger partial charge in [-0.3, -0.25) is 4.79 Å². The Bertz CT molecular complexity index is 313. The molecule has 0 heterocycles. The first-order valence-electron chi connectivity index (χ1n) is 7.08. The number of hydrogen-bond donors (Lipinski definition) is 0. The zero-order valence-electron chi connectivity index (χ0n) is 12.5. The first kappa shape index (κ1) is 19.0. The summed E-state index contributed by atoms with van der Waals surface area (Å²) in [7, 11) is 0. The van der Waals surface area contributed by atoms with Crippen LogP contribution in [0.3, 0.4) is 0 Å². The van der Waals surface area contributed by atoms with Gasteiger partial charge in [0.05, 0.1) is 13.2 Å². The third kappa shape index (κ3) is 10.9. The molecule has 4 nitrogen and oxygen atoms in total.